The van der Waals surface area contributed by atoms with Crippen LogP contribution < -0.4 is 5.32 Å². The largest absolute Gasteiger partial charge is 0.351 e. The number of amides is 1. The van der Waals surface area contributed by atoms with Crippen molar-refractivity contribution in [3.63, 3.8) is 0 Å². The molecule has 4 nitrogen and oxygen atoms in total. The number of nitrogens with one attached hydrogen (secondary N) is 2. The average Bonchev–Trinajstić information content (AvgIpc) is 2.94. The molecule has 2 N–H and O–H groups in total. The van der Waals surface area contributed by atoms with Gasteiger partial charge in [0.1, 0.15) is 11.6 Å². The number of rotatable bonds is 4. The molecule has 8 heteroatoms. The molecule has 2 aromatic carbocycles. The molecular weight excluding hydrogens is 326 g/mol. The average molecular weight is 337 g/mol. The highest BCUT2D eigenvalue weighted by Gasteiger charge is 2.18. The van der Waals surface area contributed by atoms with E-state index in [1.165, 1.54) is 18.2 Å². The van der Waals surface area contributed by atoms with E-state index in [2.05, 4.69) is 15.3 Å². The lowest BCUT2D eigenvalue weighted by Gasteiger charge is -2.06. The molecule has 0 unspecified atom stereocenters. The number of hydrogen-bond acceptors (Lipinski definition) is 2. The predicted octanol–water partition coefficient (Wildman–Crippen LogP) is 3.09. The summed E-state index contributed by atoms with van der Waals surface area (Å²) in [5, 5.41) is 2.39. The van der Waals surface area contributed by atoms with Gasteiger partial charge in [0.25, 0.3) is 5.91 Å². The van der Waals surface area contributed by atoms with E-state index in [-0.39, 0.29) is 13.0 Å². The number of carbonyl (C=O) groups excluding carboxylic acids is 1. The summed E-state index contributed by atoms with van der Waals surface area (Å²) < 4.78 is 52.6. The molecule has 0 saturated carbocycles. The van der Waals surface area contributed by atoms with Crippen molar-refractivity contribution in [2.24, 2.45) is 0 Å². The van der Waals surface area contributed by atoms with Crippen LogP contribution in [0.15, 0.2) is 30.3 Å². The smallest absolute Gasteiger partial charge is 0.254 e. The number of benzene rings is 2. The molecule has 124 valence electrons. The molecule has 0 spiro atoms. The first-order chi connectivity index (χ1) is 11.5. The van der Waals surface area contributed by atoms with Crippen molar-refractivity contribution in [3.05, 3.63) is 65.0 Å². The van der Waals surface area contributed by atoms with Crippen LogP contribution in [0.1, 0.15) is 16.2 Å². The van der Waals surface area contributed by atoms with Crippen LogP contribution in [0.4, 0.5) is 17.6 Å². The highest BCUT2D eigenvalue weighted by Crippen LogP contribution is 2.15. The van der Waals surface area contributed by atoms with Gasteiger partial charge in [-0.2, -0.15) is 0 Å². The molecule has 0 fully saturated rings. The van der Waals surface area contributed by atoms with Crippen molar-refractivity contribution >= 4 is 16.9 Å². The summed E-state index contributed by atoms with van der Waals surface area (Å²) in [6.07, 6.45) is 0.271. The van der Waals surface area contributed by atoms with E-state index >= 15 is 0 Å². The molecule has 0 radical (unpaired) electrons. The Morgan fingerprint density at radius 1 is 1.08 bits per heavy atom. The highest BCUT2D eigenvalue weighted by atomic mass is 19.2. The zero-order valence-electron chi connectivity index (χ0n) is 12.2. The van der Waals surface area contributed by atoms with Crippen LogP contribution in [0.2, 0.25) is 0 Å². The monoisotopic (exact) mass is 337 g/mol. The third-order valence-electron chi connectivity index (χ3n) is 3.42. The lowest BCUT2D eigenvalue weighted by atomic mass is 10.2. The Morgan fingerprint density at radius 2 is 1.88 bits per heavy atom. The quantitative estimate of drug-likeness (QED) is 0.568. The van der Waals surface area contributed by atoms with Crippen molar-refractivity contribution < 1.29 is 22.4 Å². The van der Waals surface area contributed by atoms with E-state index in [4.69, 9.17) is 0 Å². The molecule has 0 bridgehead atoms. The van der Waals surface area contributed by atoms with Crippen LogP contribution in [-0.2, 0) is 6.42 Å². The fourth-order valence-corrected chi connectivity index (χ4v) is 2.24. The number of halogens is 4. The molecule has 24 heavy (non-hydrogen) atoms. The van der Waals surface area contributed by atoms with Crippen molar-refractivity contribution in [2.45, 2.75) is 6.42 Å². The number of imidazole rings is 1. The van der Waals surface area contributed by atoms with Gasteiger partial charge in [-0.05, 0) is 30.3 Å². The minimum atomic E-state index is -1.69. The third kappa shape index (κ3) is 3.08. The van der Waals surface area contributed by atoms with Gasteiger partial charge in [0.05, 0.1) is 16.6 Å². The molecular formula is C16H11F4N3O. The van der Waals surface area contributed by atoms with E-state index < -0.39 is 34.7 Å². The summed E-state index contributed by atoms with van der Waals surface area (Å²) in [6.45, 7) is 0.0829. The van der Waals surface area contributed by atoms with Crippen LogP contribution in [0.25, 0.3) is 11.0 Å². The summed E-state index contributed by atoms with van der Waals surface area (Å²) in [4.78, 5) is 18.9. The molecule has 1 aromatic heterocycles. The van der Waals surface area contributed by atoms with Gasteiger partial charge < -0.3 is 10.3 Å². The van der Waals surface area contributed by atoms with E-state index in [1.807, 2.05) is 0 Å². The number of H-pyrrole nitrogens is 1. The Labute approximate surface area is 133 Å². The van der Waals surface area contributed by atoms with Crippen LogP contribution in [0, 0.1) is 23.3 Å². The Bertz CT molecular complexity index is 923. The van der Waals surface area contributed by atoms with Gasteiger partial charge in [-0.3, -0.25) is 4.79 Å². The summed E-state index contributed by atoms with van der Waals surface area (Å²) in [5.41, 5.74) is 0.507. The van der Waals surface area contributed by atoms with E-state index in [0.29, 0.717) is 22.9 Å². The second kappa shape index (κ2) is 6.31. The second-order valence-electron chi connectivity index (χ2n) is 5.07. The first-order valence-electron chi connectivity index (χ1n) is 7.01. The zero-order chi connectivity index (χ0) is 17.3. The van der Waals surface area contributed by atoms with Gasteiger partial charge in [0, 0.05) is 13.0 Å². The maximum Gasteiger partial charge on any atom is 0.254 e. The Balaban J connectivity index is 1.65. The number of aromatic amines is 1. The summed E-state index contributed by atoms with van der Waals surface area (Å²) in [7, 11) is 0. The van der Waals surface area contributed by atoms with Crippen LogP contribution in [0.5, 0.6) is 0 Å². The maximum absolute atomic E-state index is 13.5. The first-order valence-corrected chi connectivity index (χ1v) is 7.01. The van der Waals surface area contributed by atoms with E-state index in [9.17, 15) is 22.4 Å². The highest BCUT2D eigenvalue weighted by molar-refractivity contribution is 5.94. The van der Waals surface area contributed by atoms with E-state index in [0.717, 1.165) is 6.07 Å². The second-order valence-corrected chi connectivity index (χ2v) is 5.07. The molecule has 0 atom stereocenters. The van der Waals surface area contributed by atoms with Crippen molar-refractivity contribution in [2.75, 3.05) is 6.54 Å². The van der Waals surface area contributed by atoms with Gasteiger partial charge >= 0.3 is 0 Å². The Morgan fingerprint density at radius 3 is 2.67 bits per heavy atom. The summed E-state index contributed by atoms with van der Waals surface area (Å²) >= 11 is 0. The van der Waals surface area contributed by atoms with Crippen LogP contribution >= 0.6 is 0 Å². The maximum atomic E-state index is 13.5. The minimum Gasteiger partial charge on any atom is -0.351 e. The van der Waals surface area contributed by atoms with E-state index in [1.54, 1.807) is 0 Å². The number of hydrogen-bond donors (Lipinski definition) is 2. The summed E-state index contributed by atoms with van der Waals surface area (Å²) in [6, 6.07) is 5.63. The third-order valence-corrected chi connectivity index (χ3v) is 3.42. The van der Waals surface area contributed by atoms with Gasteiger partial charge in [-0.25, -0.2) is 22.5 Å². The number of aromatic nitrogens is 2. The predicted molar refractivity (Wildman–Crippen MR) is 78.4 cm³/mol. The lowest BCUT2D eigenvalue weighted by molar-refractivity contribution is 0.0948. The van der Waals surface area contributed by atoms with Crippen LogP contribution in [0.3, 0.4) is 0 Å². The Hall–Kier alpha value is -2.90. The molecule has 3 rings (SSSR count). The normalized spacial score (nSPS) is 11.0. The number of nitrogens with zero attached hydrogens (tertiary/aromatic N) is 1. The molecule has 0 aliphatic rings. The van der Waals surface area contributed by atoms with Gasteiger partial charge in [0.15, 0.2) is 17.5 Å². The number of carbonyl (C=O) groups is 1. The van der Waals surface area contributed by atoms with Crippen LogP contribution in [-0.4, -0.2) is 22.4 Å². The topological polar surface area (TPSA) is 57.8 Å². The zero-order valence-corrected chi connectivity index (χ0v) is 12.2. The standard InChI is InChI=1S/C16H11F4N3O/c17-8-1-4-11-12(7-8)23-13(22-11)5-6-21-16(24)9-2-3-10(18)15(20)14(9)19/h1-4,7H,5-6H2,(H,21,24)(H,22,23). The fraction of sp³-hybridized carbons (Fsp3) is 0.125. The fourth-order valence-electron chi connectivity index (χ4n) is 2.24. The van der Waals surface area contributed by atoms with Gasteiger partial charge in [-0.15, -0.1) is 0 Å². The van der Waals surface area contributed by atoms with Gasteiger partial charge in [0.2, 0.25) is 0 Å². The van der Waals surface area contributed by atoms with Crippen molar-refractivity contribution in [1.29, 1.82) is 0 Å². The summed E-state index contributed by atoms with van der Waals surface area (Å²) in [5.74, 6) is -5.36. The first kappa shape index (κ1) is 16.0. The molecule has 1 heterocycles. The van der Waals surface area contributed by atoms with Crippen molar-refractivity contribution in [3.8, 4) is 0 Å². The van der Waals surface area contributed by atoms with Crippen molar-refractivity contribution in [1.82, 2.24) is 15.3 Å². The SMILES string of the molecule is O=C(NCCc1nc2ccc(F)cc2[nH]1)c1ccc(F)c(F)c1F. The molecule has 1 amide bonds. The minimum absolute atomic E-state index is 0.0829. The number of fused-ring (bicyclic) bond motifs is 1. The molecule has 0 aliphatic heterocycles. The molecule has 0 saturated heterocycles. The molecule has 3 aromatic rings. The molecule has 0 aliphatic carbocycles. The lowest BCUT2D eigenvalue weighted by Crippen LogP contribution is -2.27. The Kier molecular flexibility index (Phi) is 4.20. The van der Waals surface area contributed by atoms with Gasteiger partial charge in [-0.1, -0.05) is 0 Å².